The van der Waals surface area contributed by atoms with Crippen LogP contribution in [0.4, 0.5) is 0 Å². The molecule has 0 radical (unpaired) electrons. The molecule has 5 aromatic carbocycles. The lowest BCUT2D eigenvalue weighted by molar-refractivity contribution is -0.314. The van der Waals surface area contributed by atoms with E-state index in [9.17, 15) is 85.9 Å². The van der Waals surface area contributed by atoms with E-state index in [1.165, 1.54) is 13.2 Å². The van der Waals surface area contributed by atoms with Crippen LogP contribution >= 0.6 is 0 Å². The summed E-state index contributed by atoms with van der Waals surface area (Å²) in [4.78, 5) is 42.6. The molecule has 1 fully saturated rings. The van der Waals surface area contributed by atoms with Gasteiger partial charge in [-0.1, -0.05) is 0 Å². The van der Waals surface area contributed by atoms with Crippen molar-refractivity contribution in [2.75, 3.05) is 13.7 Å². The minimum Gasteiger partial charge on any atom is -0.507 e. The third-order valence-electron chi connectivity index (χ3n) is 12.5. The molecule has 10 rings (SSSR count). The Kier molecular flexibility index (Phi) is 10.2. The van der Waals surface area contributed by atoms with Crippen molar-refractivity contribution in [3.8, 4) is 79.7 Å². The standard InChI is InChI=1S/C46H36O23/c1-64-11-4-15(49)27-21(5-11)65-44-18(52)6-12(33(54)31(44)38(27)59)26-17(51)9-23-29(37(26)58)40(61)32-34(55)13(7-19(53)45(32)67-23)25-16(50)8-22-28(36(25)57)39(60)30-20(3-2-14(48)43(30)66-22)68-46-42(63)41(62)35(56)24(10-47)69-46/h4-9,14,20,24,35,41-42,46-58,62-63H,2-3,10H2,1H3. The van der Waals surface area contributed by atoms with Gasteiger partial charge in [0, 0.05) is 35.4 Å². The van der Waals surface area contributed by atoms with Crippen molar-refractivity contribution in [2.45, 2.75) is 55.8 Å². The monoisotopic (exact) mass is 956 g/mol. The summed E-state index contributed by atoms with van der Waals surface area (Å²) in [6.45, 7) is -0.802. The highest BCUT2D eigenvalue weighted by atomic mass is 16.7. The van der Waals surface area contributed by atoms with Crippen LogP contribution in [0.15, 0.2) is 64.0 Å². The quantitative estimate of drug-likeness (QED) is 0.0841. The molecular weight excluding hydrogens is 920 g/mol. The Hall–Kier alpha value is -8.03. The van der Waals surface area contributed by atoms with Gasteiger partial charge in [0.25, 0.3) is 0 Å². The number of phenols is 9. The zero-order valence-corrected chi connectivity index (χ0v) is 35.1. The summed E-state index contributed by atoms with van der Waals surface area (Å²) >= 11 is 0. The Labute approximate surface area is 380 Å². The number of ether oxygens (including phenoxy) is 3. The Balaban J connectivity index is 1.14. The molecule has 4 heterocycles. The number of hydrogen-bond acceptors (Lipinski definition) is 23. The molecule has 14 N–H and O–H groups in total. The molecule has 7 unspecified atom stereocenters. The third-order valence-corrected chi connectivity index (χ3v) is 12.5. The van der Waals surface area contributed by atoms with E-state index in [1.54, 1.807) is 0 Å². The zero-order chi connectivity index (χ0) is 49.4. The zero-order valence-electron chi connectivity index (χ0n) is 35.1. The Bertz CT molecular complexity index is 3720. The molecule has 23 heteroatoms. The molecular formula is C46H36O23. The van der Waals surface area contributed by atoms with Crippen LogP contribution in [-0.2, 0) is 9.47 Å². The SMILES string of the molecule is COc1cc(O)c2c(=O)c3c(O)c(-c4c(O)cc5oc6c(O)cc(-c7c(O)cc8oc9c(c(=O)c8c7O)C(OC7OC(CO)C(O)C(O)C7O)CCC9O)c(O)c6c(=O)c5c4O)cc(O)c3oc2c1. The summed E-state index contributed by atoms with van der Waals surface area (Å²) in [5.74, 6) is -8.98. The first kappa shape index (κ1) is 44.8. The van der Waals surface area contributed by atoms with Crippen LogP contribution in [0.25, 0.3) is 77.1 Å². The molecule has 2 aliphatic rings. The van der Waals surface area contributed by atoms with E-state index < -0.39 is 195 Å². The number of hydrogen-bond donors (Lipinski definition) is 14. The van der Waals surface area contributed by atoms with E-state index in [4.69, 9.17) is 27.5 Å². The van der Waals surface area contributed by atoms with Gasteiger partial charge in [0.05, 0.1) is 36.5 Å². The summed E-state index contributed by atoms with van der Waals surface area (Å²) in [5.41, 5.74) is -9.59. The number of rotatable bonds is 6. The topological polar surface area (TPSA) is 402 Å². The number of aliphatic hydroxyl groups excluding tert-OH is 5. The van der Waals surface area contributed by atoms with Gasteiger partial charge in [-0.05, 0) is 25.0 Å². The second kappa shape index (κ2) is 15.8. The van der Waals surface area contributed by atoms with Gasteiger partial charge in [-0.3, -0.25) is 14.4 Å². The summed E-state index contributed by atoms with van der Waals surface area (Å²) < 4.78 is 33.5. The Morgan fingerprint density at radius 3 is 1.62 bits per heavy atom. The van der Waals surface area contributed by atoms with E-state index in [0.29, 0.717) is 0 Å². The molecule has 8 aromatic rings. The van der Waals surface area contributed by atoms with Crippen LogP contribution in [0, 0.1) is 0 Å². The Morgan fingerprint density at radius 2 is 1.07 bits per heavy atom. The summed E-state index contributed by atoms with van der Waals surface area (Å²) in [6, 6.07) is 5.40. The normalized spacial score (nSPS) is 21.7. The smallest absolute Gasteiger partial charge is 0.208 e. The highest BCUT2D eigenvalue weighted by Crippen LogP contribution is 2.53. The fraction of sp³-hybridized carbons (Fsp3) is 0.239. The average Bonchev–Trinajstić information content (AvgIpc) is 3.29. The molecule has 1 aliphatic carbocycles. The number of aromatic hydroxyl groups is 9. The molecule has 69 heavy (non-hydrogen) atoms. The molecule has 0 amide bonds. The van der Waals surface area contributed by atoms with Gasteiger partial charge in [-0.15, -0.1) is 0 Å². The van der Waals surface area contributed by atoms with Crippen molar-refractivity contribution in [3.05, 3.63) is 78.4 Å². The van der Waals surface area contributed by atoms with Crippen molar-refractivity contribution in [1.29, 1.82) is 0 Å². The number of phenolic OH excluding ortho intramolecular Hbond substituents is 9. The van der Waals surface area contributed by atoms with Gasteiger partial charge in [-0.2, -0.15) is 0 Å². The fourth-order valence-corrected chi connectivity index (χ4v) is 9.19. The molecule has 7 atom stereocenters. The lowest BCUT2D eigenvalue weighted by Crippen LogP contribution is -2.59. The predicted octanol–water partition coefficient (Wildman–Crippen LogP) is 2.69. The van der Waals surface area contributed by atoms with Crippen LogP contribution < -0.4 is 21.0 Å². The summed E-state index contributed by atoms with van der Waals surface area (Å²) in [5, 5.41) is 150. The molecule has 358 valence electrons. The van der Waals surface area contributed by atoms with E-state index >= 15 is 0 Å². The number of methoxy groups -OCH3 is 1. The Morgan fingerprint density at radius 1 is 0.551 bits per heavy atom. The molecule has 0 bridgehead atoms. The first-order valence-electron chi connectivity index (χ1n) is 20.6. The lowest BCUT2D eigenvalue weighted by Gasteiger charge is -2.41. The van der Waals surface area contributed by atoms with Crippen molar-refractivity contribution in [1.82, 2.24) is 0 Å². The second-order valence-electron chi connectivity index (χ2n) is 16.5. The highest BCUT2D eigenvalue weighted by Gasteiger charge is 2.46. The maximum Gasteiger partial charge on any atom is 0.208 e. The number of benzene rings is 5. The largest absolute Gasteiger partial charge is 0.507 e. The lowest BCUT2D eigenvalue weighted by atomic mass is 9.89. The highest BCUT2D eigenvalue weighted by molar-refractivity contribution is 6.09. The van der Waals surface area contributed by atoms with E-state index in [0.717, 1.165) is 30.3 Å². The van der Waals surface area contributed by atoms with Crippen LogP contribution in [0.5, 0.6) is 57.5 Å². The molecule has 1 saturated heterocycles. The maximum absolute atomic E-state index is 14.5. The van der Waals surface area contributed by atoms with Gasteiger partial charge >= 0.3 is 0 Å². The van der Waals surface area contributed by atoms with Crippen LogP contribution in [0.3, 0.4) is 0 Å². The predicted molar refractivity (Wildman–Crippen MR) is 234 cm³/mol. The second-order valence-corrected chi connectivity index (χ2v) is 16.5. The summed E-state index contributed by atoms with van der Waals surface area (Å²) in [6.07, 6.45) is -11.7. The molecule has 0 spiro atoms. The average molecular weight is 957 g/mol. The van der Waals surface area contributed by atoms with Gasteiger partial charge in [0.15, 0.2) is 29.0 Å². The molecule has 3 aromatic heterocycles. The van der Waals surface area contributed by atoms with Crippen LogP contribution in [0.2, 0.25) is 0 Å². The third kappa shape index (κ3) is 6.43. The van der Waals surface area contributed by atoms with E-state index in [1.807, 2.05) is 0 Å². The number of fused-ring (bicyclic) bond motifs is 6. The first-order chi connectivity index (χ1) is 32.8. The van der Waals surface area contributed by atoms with Crippen molar-refractivity contribution in [3.63, 3.8) is 0 Å². The van der Waals surface area contributed by atoms with E-state index in [-0.39, 0.29) is 29.9 Å². The van der Waals surface area contributed by atoms with Crippen molar-refractivity contribution < 1.29 is 99.0 Å². The molecule has 23 nitrogen and oxygen atoms in total. The van der Waals surface area contributed by atoms with E-state index in [2.05, 4.69) is 0 Å². The molecule has 1 aliphatic heterocycles. The maximum atomic E-state index is 14.5. The van der Waals surface area contributed by atoms with Gasteiger partial charge in [-0.25, -0.2) is 0 Å². The minimum atomic E-state index is -1.90. The van der Waals surface area contributed by atoms with Crippen molar-refractivity contribution in [2.24, 2.45) is 0 Å². The van der Waals surface area contributed by atoms with Gasteiger partial charge in [0.2, 0.25) is 16.3 Å². The van der Waals surface area contributed by atoms with Crippen molar-refractivity contribution >= 4 is 54.8 Å². The minimum absolute atomic E-state index is 0.0729. The van der Waals surface area contributed by atoms with Crippen LogP contribution in [0.1, 0.15) is 36.4 Å². The first-order valence-corrected chi connectivity index (χ1v) is 20.6. The van der Waals surface area contributed by atoms with Gasteiger partial charge in [0.1, 0.15) is 126 Å². The number of aliphatic hydroxyl groups is 5. The van der Waals surface area contributed by atoms with Crippen LogP contribution in [-0.4, -0.2) is 116 Å². The molecule has 0 saturated carbocycles. The van der Waals surface area contributed by atoms with Gasteiger partial charge < -0.3 is 99.0 Å². The summed E-state index contributed by atoms with van der Waals surface area (Å²) in [7, 11) is 1.28. The fourth-order valence-electron chi connectivity index (χ4n) is 9.19.